The highest BCUT2D eigenvalue weighted by atomic mass is 16.5. The molecule has 0 aromatic heterocycles. The molecule has 0 saturated carbocycles. The van der Waals surface area contributed by atoms with Crippen molar-refractivity contribution in [2.45, 2.75) is 39.1 Å². The molecule has 4 rings (SSSR count). The number of carbonyl (C=O) groups excluding carboxylic acids is 4. The second-order valence-corrected chi connectivity index (χ2v) is 11.1. The minimum absolute atomic E-state index is 0.0126. The Morgan fingerprint density at radius 2 is 0.898 bits per heavy atom. The number of nitrogens with one attached hydrogen (secondary N) is 2. The van der Waals surface area contributed by atoms with Gasteiger partial charge in [-0.15, -0.1) is 0 Å². The Morgan fingerprint density at radius 3 is 1.27 bits per heavy atom. The second kappa shape index (κ2) is 22.3. The Balaban J connectivity index is 0.000000266. The van der Waals surface area contributed by atoms with Gasteiger partial charge in [0.05, 0.1) is 37.9 Å². The summed E-state index contributed by atoms with van der Waals surface area (Å²) in [4.78, 5) is 48.3. The van der Waals surface area contributed by atoms with Crippen LogP contribution in [0.2, 0.25) is 0 Å². The largest absolute Gasteiger partial charge is 0.461 e. The zero-order valence-corrected chi connectivity index (χ0v) is 27.7. The molecule has 2 amide bonds. The number of aliphatic hydroxyl groups excluding tert-OH is 1. The summed E-state index contributed by atoms with van der Waals surface area (Å²) in [6.45, 7) is 0.894. The van der Waals surface area contributed by atoms with Crippen LogP contribution in [0, 0.1) is 11.8 Å². The first-order valence-electron chi connectivity index (χ1n) is 16.0. The van der Waals surface area contributed by atoms with E-state index in [0.717, 1.165) is 22.3 Å². The third kappa shape index (κ3) is 15.4. The topological polar surface area (TPSA) is 140 Å². The van der Waals surface area contributed by atoms with Crippen molar-refractivity contribution >= 4 is 23.8 Å². The summed E-state index contributed by atoms with van der Waals surface area (Å²) < 4.78 is 15.5. The van der Waals surface area contributed by atoms with Gasteiger partial charge in [-0.2, -0.15) is 0 Å². The number of aliphatic hydroxyl groups is 1. The van der Waals surface area contributed by atoms with E-state index < -0.39 is 30.4 Å². The summed E-state index contributed by atoms with van der Waals surface area (Å²) >= 11 is 0. The Bertz CT molecular complexity index is 1540. The number of carbonyl (C=O) groups is 4. The SMILES string of the molecule is COC[C@@H](CC(=O)OCc1ccccc1)C(=O)NCc1ccccc1.O=C(C[C@H](CO)C(=O)NCc1ccccc1)OCc1ccccc1. The maximum Gasteiger partial charge on any atom is 0.307 e. The molecule has 0 saturated heterocycles. The minimum Gasteiger partial charge on any atom is -0.461 e. The van der Waals surface area contributed by atoms with E-state index in [1.165, 1.54) is 7.11 Å². The molecule has 49 heavy (non-hydrogen) atoms. The van der Waals surface area contributed by atoms with Gasteiger partial charge in [0.15, 0.2) is 0 Å². The number of amides is 2. The Labute approximate surface area is 287 Å². The zero-order chi connectivity index (χ0) is 35.1. The maximum atomic E-state index is 12.3. The van der Waals surface area contributed by atoms with Crippen LogP contribution < -0.4 is 10.6 Å². The zero-order valence-electron chi connectivity index (χ0n) is 27.7. The highest BCUT2D eigenvalue weighted by Crippen LogP contribution is 2.10. The molecule has 258 valence electrons. The van der Waals surface area contributed by atoms with E-state index in [2.05, 4.69) is 10.6 Å². The van der Waals surface area contributed by atoms with E-state index >= 15 is 0 Å². The van der Waals surface area contributed by atoms with Crippen LogP contribution in [0.25, 0.3) is 0 Å². The van der Waals surface area contributed by atoms with Crippen molar-refractivity contribution in [3.05, 3.63) is 144 Å². The van der Waals surface area contributed by atoms with E-state index in [0.29, 0.717) is 13.1 Å². The smallest absolute Gasteiger partial charge is 0.307 e. The molecular formula is C39H44N2O8. The molecule has 0 spiro atoms. The van der Waals surface area contributed by atoms with E-state index in [1.807, 2.05) is 121 Å². The lowest BCUT2D eigenvalue weighted by Crippen LogP contribution is -2.34. The fourth-order valence-electron chi connectivity index (χ4n) is 4.52. The van der Waals surface area contributed by atoms with E-state index in [9.17, 15) is 24.3 Å². The average molecular weight is 669 g/mol. The average Bonchev–Trinajstić information content (AvgIpc) is 3.15. The molecule has 0 heterocycles. The number of rotatable bonds is 17. The predicted octanol–water partition coefficient (Wildman–Crippen LogP) is 4.74. The van der Waals surface area contributed by atoms with Gasteiger partial charge >= 0.3 is 11.9 Å². The molecule has 10 heteroatoms. The van der Waals surface area contributed by atoms with Crippen LogP contribution in [0.5, 0.6) is 0 Å². The molecule has 4 aromatic rings. The number of hydrogen-bond acceptors (Lipinski definition) is 8. The first kappa shape index (κ1) is 38.1. The molecule has 0 unspecified atom stereocenters. The van der Waals surface area contributed by atoms with Gasteiger partial charge in [0.2, 0.25) is 11.8 Å². The van der Waals surface area contributed by atoms with E-state index in [4.69, 9.17) is 14.2 Å². The highest BCUT2D eigenvalue weighted by Gasteiger charge is 2.23. The summed E-state index contributed by atoms with van der Waals surface area (Å²) in [6.07, 6.45) is -0.161. The number of esters is 2. The van der Waals surface area contributed by atoms with Crippen molar-refractivity contribution in [2.24, 2.45) is 11.8 Å². The van der Waals surface area contributed by atoms with E-state index in [1.54, 1.807) is 0 Å². The fraction of sp³-hybridized carbons (Fsp3) is 0.282. The van der Waals surface area contributed by atoms with Crippen molar-refractivity contribution in [1.82, 2.24) is 10.6 Å². The van der Waals surface area contributed by atoms with Gasteiger partial charge in [0.25, 0.3) is 0 Å². The summed E-state index contributed by atoms with van der Waals surface area (Å²) in [5.41, 5.74) is 3.74. The predicted molar refractivity (Wildman–Crippen MR) is 184 cm³/mol. The van der Waals surface area contributed by atoms with Crippen LogP contribution in [0.3, 0.4) is 0 Å². The van der Waals surface area contributed by atoms with Gasteiger partial charge in [0, 0.05) is 20.2 Å². The monoisotopic (exact) mass is 668 g/mol. The molecule has 4 aromatic carbocycles. The Kier molecular flexibility index (Phi) is 17.3. The lowest BCUT2D eigenvalue weighted by Gasteiger charge is -2.15. The standard InChI is InChI=1S/C20H23NO4.C19H21NO4/c1-24-15-18(20(23)21-13-16-8-4-2-5-9-16)12-19(22)25-14-17-10-6-3-7-11-17;21-13-17(19(23)20-12-15-7-3-1-4-8-15)11-18(22)24-14-16-9-5-2-6-10-16/h2-11,18H,12-15H2,1H3,(H,21,23);1-10,17,21H,11-14H2,(H,20,23)/t18-;17-/m11/s1. The number of benzene rings is 4. The number of methoxy groups -OCH3 is 1. The highest BCUT2D eigenvalue weighted by molar-refractivity contribution is 5.84. The van der Waals surface area contributed by atoms with Crippen LogP contribution in [0.4, 0.5) is 0 Å². The molecular weight excluding hydrogens is 624 g/mol. The lowest BCUT2D eigenvalue weighted by atomic mass is 10.1. The van der Waals surface area contributed by atoms with Crippen molar-refractivity contribution in [1.29, 1.82) is 0 Å². The Hall–Kier alpha value is -5.32. The van der Waals surface area contributed by atoms with Crippen molar-refractivity contribution < 1.29 is 38.5 Å². The molecule has 0 aliphatic rings. The normalized spacial score (nSPS) is 11.6. The number of hydrogen-bond donors (Lipinski definition) is 3. The summed E-state index contributed by atoms with van der Waals surface area (Å²) in [6, 6.07) is 37.8. The van der Waals surface area contributed by atoms with Crippen LogP contribution in [-0.2, 0) is 59.7 Å². The summed E-state index contributed by atoms with van der Waals surface area (Å²) in [5, 5.41) is 14.9. The van der Waals surface area contributed by atoms with Gasteiger partial charge in [-0.25, -0.2) is 0 Å². The van der Waals surface area contributed by atoms with Crippen LogP contribution in [-0.4, -0.2) is 49.2 Å². The van der Waals surface area contributed by atoms with Gasteiger partial charge < -0.3 is 30.0 Å². The van der Waals surface area contributed by atoms with Gasteiger partial charge in [-0.3, -0.25) is 19.2 Å². The molecule has 0 aliphatic carbocycles. The van der Waals surface area contributed by atoms with Crippen molar-refractivity contribution in [3.8, 4) is 0 Å². The molecule has 10 nitrogen and oxygen atoms in total. The van der Waals surface area contributed by atoms with Gasteiger partial charge in [-0.1, -0.05) is 121 Å². The van der Waals surface area contributed by atoms with E-state index in [-0.39, 0.29) is 44.5 Å². The fourth-order valence-corrected chi connectivity index (χ4v) is 4.52. The van der Waals surface area contributed by atoms with Crippen LogP contribution in [0.15, 0.2) is 121 Å². The molecule has 0 fully saturated rings. The van der Waals surface area contributed by atoms with Gasteiger partial charge in [-0.05, 0) is 22.3 Å². The first-order valence-corrected chi connectivity index (χ1v) is 16.0. The third-order valence-corrected chi connectivity index (χ3v) is 7.26. The van der Waals surface area contributed by atoms with Gasteiger partial charge in [0.1, 0.15) is 13.2 Å². The summed E-state index contributed by atoms with van der Waals surface area (Å²) in [7, 11) is 1.51. The minimum atomic E-state index is -0.808. The number of ether oxygens (including phenoxy) is 3. The van der Waals surface area contributed by atoms with Crippen molar-refractivity contribution in [2.75, 3.05) is 20.3 Å². The molecule has 0 radical (unpaired) electrons. The van der Waals surface area contributed by atoms with Crippen molar-refractivity contribution in [3.63, 3.8) is 0 Å². The quantitative estimate of drug-likeness (QED) is 0.137. The molecule has 0 aliphatic heterocycles. The Morgan fingerprint density at radius 1 is 0.551 bits per heavy atom. The van der Waals surface area contributed by atoms with Crippen LogP contribution >= 0.6 is 0 Å². The maximum absolute atomic E-state index is 12.3. The molecule has 2 atom stereocenters. The molecule has 0 bridgehead atoms. The second-order valence-electron chi connectivity index (χ2n) is 11.1. The van der Waals surface area contributed by atoms with Crippen LogP contribution in [0.1, 0.15) is 35.1 Å². The lowest BCUT2D eigenvalue weighted by molar-refractivity contribution is -0.149. The summed E-state index contributed by atoms with van der Waals surface area (Å²) in [5.74, 6) is -2.89. The first-order chi connectivity index (χ1) is 23.9. The third-order valence-electron chi connectivity index (χ3n) is 7.26. The molecule has 3 N–H and O–H groups in total.